The van der Waals surface area contributed by atoms with Gasteiger partial charge in [0, 0.05) is 11.0 Å². The minimum Gasteiger partial charge on any atom is -0.466 e. The number of carbonyl (C=O) groups is 1. The number of rotatable bonds is 7. The molecule has 3 nitrogen and oxygen atoms in total. The van der Waals surface area contributed by atoms with E-state index in [1.165, 1.54) is 0 Å². The van der Waals surface area contributed by atoms with Crippen molar-refractivity contribution in [3.05, 3.63) is 35.1 Å². The Morgan fingerprint density at radius 3 is 2.28 bits per heavy atom. The van der Waals surface area contributed by atoms with Crippen LogP contribution in [0.1, 0.15) is 59.1 Å². The highest BCUT2D eigenvalue weighted by atomic mass is 28.4. The highest BCUT2D eigenvalue weighted by molar-refractivity contribution is 6.74. The molecule has 0 aromatic heterocycles. The molecule has 0 saturated carbocycles. The third-order valence-corrected chi connectivity index (χ3v) is 9.57. The quantitative estimate of drug-likeness (QED) is 0.466. The summed E-state index contributed by atoms with van der Waals surface area (Å²) in [5.74, 6) is -0.592. The minimum absolute atomic E-state index is 0.0737. The number of esters is 1. The van der Waals surface area contributed by atoms with Gasteiger partial charge in [-0.15, -0.1) is 0 Å². The molecule has 0 aliphatic rings. The number of ether oxygens (including phenoxy) is 1. The highest BCUT2D eigenvalue weighted by Gasteiger charge is 2.37. The molecule has 0 unspecified atom stereocenters. The second-order valence-electron chi connectivity index (χ2n) is 8.69. The zero-order chi connectivity index (χ0) is 19.5. The third kappa shape index (κ3) is 5.64. The molecule has 1 aromatic carbocycles. The smallest absolute Gasteiger partial charge is 0.306 e. The molecule has 0 N–H and O–H groups in total. The molecule has 0 aliphatic heterocycles. The van der Waals surface area contributed by atoms with Crippen molar-refractivity contribution in [2.75, 3.05) is 6.61 Å². The average Bonchev–Trinajstić information content (AvgIpc) is 2.44. The Hall–Kier alpha value is -1.20. The van der Waals surface area contributed by atoms with E-state index in [1.54, 1.807) is 19.1 Å². The summed E-state index contributed by atoms with van der Waals surface area (Å²) in [6, 6.07) is 5.33. The molecule has 0 fully saturated rings. The fraction of sp³-hybridized carbons (Fsp3) is 0.650. The molecular weight excluding hydrogens is 335 g/mol. The van der Waals surface area contributed by atoms with E-state index < -0.39 is 13.7 Å². The van der Waals surface area contributed by atoms with Crippen molar-refractivity contribution in [3.8, 4) is 0 Å². The lowest BCUT2D eigenvalue weighted by Gasteiger charge is -2.36. The Morgan fingerprint density at radius 1 is 1.16 bits per heavy atom. The van der Waals surface area contributed by atoms with Crippen LogP contribution in [-0.2, 0) is 26.0 Å². The van der Waals surface area contributed by atoms with Gasteiger partial charge in [-0.05, 0) is 30.6 Å². The summed E-state index contributed by atoms with van der Waals surface area (Å²) in [5, 5.41) is 0.0737. The molecule has 1 aromatic rings. The summed E-state index contributed by atoms with van der Waals surface area (Å²) >= 11 is 0. The summed E-state index contributed by atoms with van der Waals surface area (Å²) in [6.45, 7) is 16.9. The monoisotopic (exact) mass is 368 g/mol. The molecule has 0 spiro atoms. The number of hydrogen-bond donors (Lipinski definition) is 0. The highest BCUT2D eigenvalue weighted by Crippen LogP contribution is 2.38. The first kappa shape index (κ1) is 21.8. The molecule has 0 saturated heterocycles. The van der Waals surface area contributed by atoms with Gasteiger partial charge in [0.2, 0.25) is 0 Å². The zero-order valence-corrected chi connectivity index (χ0v) is 18.0. The molecular formula is C20H33FO3Si. The van der Waals surface area contributed by atoms with Gasteiger partial charge in [-0.2, -0.15) is 0 Å². The van der Waals surface area contributed by atoms with E-state index in [1.807, 2.05) is 19.9 Å². The number of hydrogen-bond acceptors (Lipinski definition) is 3. The van der Waals surface area contributed by atoms with Gasteiger partial charge in [-0.3, -0.25) is 4.79 Å². The second kappa shape index (κ2) is 8.00. The van der Waals surface area contributed by atoms with Crippen molar-refractivity contribution in [2.24, 2.45) is 0 Å². The lowest BCUT2D eigenvalue weighted by molar-refractivity contribution is -0.144. The largest absolute Gasteiger partial charge is 0.466 e. The van der Waals surface area contributed by atoms with E-state index in [-0.39, 0.29) is 29.9 Å². The Bertz CT molecular complexity index is 603. The van der Waals surface area contributed by atoms with E-state index in [4.69, 9.17) is 9.16 Å². The van der Waals surface area contributed by atoms with Crippen LogP contribution in [0.25, 0.3) is 0 Å². The first-order chi connectivity index (χ1) is 11.3. The Labute approximate surface area is 153 Å². The van der Waals surface area contributed by atoms with Gasteiger partial charge in [-0.25, -0.2) is 4.39 Å². The van der Waals surface area contributed by atoms with Gasteiger partial charge in [0.25, 0.3) is 0 Å². The number of benzene rings is 1. The van der Waals surface area contributed by atoms with Gasteiger partial charge >= 0.3 is 5.97 Å². The van der Waals surface area contributed by atoms with Crippen molar-refractivity contribution >= 4 is 14.3 Å². The minimum atomic E-state index is -1.95. The molecule has 0 atom stereocenters. The Balaban J connectivity index is 3.01. The molecule has 25 heavy (non-hydrogen) atoms. The zero-order valence-electron chi connectivity index (χ0n) is 17.0. The predicted molar refractivity (Wildman–Crippen MR) is 103 cm³/mol. The van der Waals surface area contributed by atoms with Crippen LogP contribution < -0.4 is 0 Å². The predicted octanol–water partition coefficient (Wildman–Crippen LogP) is 5.58. The Morgan fingerprint density at radius 2 is 1.76 bits per heavy atom. The van der Waals surface area contributed by atoms with Gasteiger partial charge < -0.3 is 9.16 Å². The lowest BCUT2D eigenvalue weighted by atomic mass is 9.80. The lowest BCUT2D eigenvalue weighted by Crippen LogP contribution is -2.40. The van der Waals surface area contributed by atoms with Crippen molar-refractivity contribution in [1.29, 1.82) is 0 Å². The van der Waals surface area contributed by atoms with Crippen molar-refractivity contribution in [3.63, 3.8) is 0 Å². The maximum atomic E-state index is 15.1. The molecule has 0 amide bonds. The van der Waals surface area contributed by atoms with Crippen molar-refractivity contribution < 1.29 is 18.3 Å². The average molecular weight is 369 g/mol. The maximum absolute atomic E-state index is 15.1. The molecule has 0 radical (unpaired) electrons. The van der Waals surface area contributed by atoms with Crippen LogP contribution in [0.3, 0.4) is 0 Å². The normalized spacial score (nSPS) is 13.0. The van der Waals surface area contributed by atoms with Crippen LogP contribution in [0.15, 0.2) is 18.2 Å². The van der Waals surface area contributed by atoms with Gasteiger partial charge in [0.05, 0.1) is 19.6 Å². The van der Waals surface area contributed by atoms with Crippen LogP contribution in [0.4, 0.5) is 4.39 Å². The van der Waals surface area contributed by atoms with E-state index in [0.29, 0.717) is 17.7 Å². The molecule has 0 bridgehead atoms. The van der Waals surface area contributed by atoms with Crippen molar-refractivity contribution in [1.82, 2.24) is 0 Å². The van der Waals surface area contributed by atoms with E-state index >= 15 is 4.39 Å². The maximum Gasteiger partial charge on any atom is 0.306 e. The van der Waals surface area contributed by atoms with E-state index in [9.17, 15) is 4.79 Å². The summed E-state index contributed by atoms with van der Waals surface area (Å²) in [5.41, 5.74) is 0.430. The fourth-order valence-corrected chi connectivity index (χ4v) is 3.31. The van der Waals surface area contributed by atoms with Gasteiger partial charge in [0.1, 0.15) is 5.82 Å². The second-order valence-corrected chi connectivity index (χ2v) is 13.5. The van der Waals surface area contributed by atoms with Crippen LogP contribution in [0, 0.1) is 5.82 Å². The van der Waals surface area contributed by atoms with Crippen LogP contribution in [0.2, 0.25) is 18.1 Å². The standard InChI is InChI=1S/C20H33FO3Si/c1-9-23-17(22)13-20(5,6)16-12-10-11-15(18(16)21)14-24-25(7,8)19(2,3)4/h10-12H,9,13-14H2,1-8H3. The van der Waals surface area contributed by atoms with Gasteiger partial charge in [0.15, 0.2) is 8.32 Å². The summed E-state index contributed by atoms with van der Waals surface area (Å²) in [7, 11) is -1.95. The van der Waals surface area contributed by atoms with Crippen LogP contribution >= 0.6 is 0 Å². The molecule has 142 valence electrons. The van der Waals surface area contributed by atoms with E-state index in [2.05, 4.69) is 33.9 Å². The fourth-order valence-electron chi connectivity index (χ4n) is 2.36. The SMILES string of the molecule is CCOC(=O)CC(C)(C)c1cccc(CO[Si](C)(C)C(C)(C)C)c1F. The molecule has 5 heteroatoms. The number of carbonyl (C=O) groups excluding carboxylic acids is 1. The number of halogens is 1. The van der Waals surface area contributed by atoms with Crippen LogP contribution in [-0.4, -0.2) is 20.9 Å². The first-order valence-corrected chi connectivity index (χ1v) is 11.8. The van der Waals surface area contributed by atoms with Crippen LogP contribution in [0.5, 0.6) is 0 Å². The topological polar surface area (TPSA) is 35.5 Å². The molecule has 1 rings (SSSR count). The third-order valence-electron chi connectivity index (χ3n) is 5.09. The summed E-state index contributed by atoms with van der Waals surface area (Å²) in [6.07, 6.45) is 0.143. The van der Waals surface area contributed by atoms with Crippen molar-refractivity contribution in [2.45, 2.75) is 78.1 Å². The Kier molecular flexibility index (Phi) is 6.99. The first-order valence-electron chi connectivity index (χ1n) is 8.89. The van der Waals surface area contributed by atoms with E-state index in [0.717, 1.165) is 0 Å². The molecule has 0 heterocycles. The summed E-state index contributed by atoms with van der Waals surface area (Å²) < 4.78 is 26.2. The summed E-state index contributed by atoms with van der Waals surface area (Å²) in [4.78, 5) is 11.8. The van der Waals surface area contributed by atoms with Gasteiger partial charge in [-0.1, -0.05) is 52.8 Å². The molecule has 0 aliphatic carbocycles.